The number of para-hydroxylation sites is 1. The van der Waals surface area contributed by atoms with Crippen LogP contribution in [0.5, 0.6) is 5.75 Å². The van der Waals surface area contributed by atoms with Crippen LogP contribution in [0, 0.1) is 6.92 Å². The molecule has 0 aliphatic carbocycles. The highest BCUT2D eigenvalue weighted by molar-refractivity contribution is 7.98. The first-order valence-corrected chi connectivity index (χ1v) is 11.9. The third kappa shape index (κ3) is 5.92. The molecule has 0 heterocycles. The van der Waals surface area contributed by atoms with Crippen molar-refractivity contribution in [2.24, 2.45) is 0 Å². The molecule has 1 N–H and O–H groups in total. The van der Waals surface area contributed by atoms with Gasteiger partial charge in [-0.1, -0.05) is 49.7 Å². The second kappa shape index (κ2) is 11.1. The van der Waals surface area contributed by atoms with E-state index in [1.165, 1.54) is 10.5 Å². The standard InChI is InChI=1S/C27H31NO2S/c1-5-20-9-8-10-21(6-2)26(20)28-27(29)22-13-16-25(30-7-3)23(17-22)18-31-24-14-11-19(4)12-15-24/h8-17H,5-7,18H2,1-4H3,(H,28,29). The van der Waals surface area contributed by atoms with E-state index >= 15 is 0 Å². The Morgan fingerprint density at radius 2 is 1.58 bits per heavy atom. The molecule has 1 amide bonds. The highest BCUT2D eigenvalue weighted by atomic mass is 32.2. The van der Waals surface area contributed by atoms with Gasteiger partial charge in [-0.05, 0) is 68.1 Å². The molecule has 0 aliphatic rings. The van der Waals surface area contributed by atoms with Crippen LogP contribution < -0.4 is 10.1 Å². The van der Waals surface area contributed by atoms with Crippen LogP contribution in [0.15, 0.2) is 65.6 Å². The molecule has 0 fully saturated rings. The molecule has 3 aromatic carbocycles. The van der Waals surface area contributed by atoms with Gasteiger partial charge in [-0.3, -0.25) is 4.79 Å². The van der Waals surface area contributed by atoms with Gasteiger partial charge in [-0.2, -0.15) is 0 Å². The van der Waals surface area contributed by atoms with E-state index in [0.29, 0.717) is 12.2 Å². The van der Waals surface area contributed by atoms with Gasteiger partial charge in [-0.25, -0.2) is 0 Å². The van der Waals surface area contributed by atoms with Crippen LogP contribution in [0.3, 0.4) is 0 Å². The SMILES string of the molecule is CCOc1ccc(C(=O)Nc2c(CC)cccc2CC)cc1CSc1ccc(C)cc1. The first-order chi connectivity index (χ1) is 15.0. The van der Waals surface area contributed by atoms with E-state index in [1.807, 2.05) is 25.1 Å². The Bertz CT molecular complexity index is 1010. The minimum absolute atomic E-state index is 0.0831. The number of nitrogens with one attached hydrogen (secondary N) is 1. The Morgan fingerprint density at radius 3 is 2.19 bits per heavy atom. The first kappa shape index (κ1) is 23.0. The smallest absolute Gasteiger partial charge is 0.255 e. The fourth-order valence-corrected chi connectivity index (χ4v) is 4.39. The van der Waals surface area contributed by atoms with E-state index in [2.05, 4.69) is 68.6 Å². The van der Waals surface area contributed by atoms with E-state index in [-0.39, 0.29) is 5.91 Å². The maximum atomic E-state index is 13.1. The number of amides is 1. The van der Waals surface area contributed by atoms with Crippen molar-refractivity contribution in [1.29, 1.82) is 0 Å². The Hall–Kier alpha value is -2.72. The summed E-state index contributed by atoms with van der Waals surface area (Å²) in [6.45, 7) is 8.89. The number of carbonyl (C=O) groups excluding carboxylic acids is 1. The van der Waals surface area contributed by atoms with Gasteiger partial charge in [0.2, 0.25) is 0 Å². The van der Waals surface area contributed by atoms with Gasteiger partial charge in [0.05, 0.1) is 6.61 Å². The normalized spacial score (nSPS) is 10.7. The van der Waals surface area contributed by atoms with Gasteiger partial charge < -0.3 is 10.1 Å². The highest BCUT2D eigenvalue weighted by Crippen LogP contribution is 2.30. The number of aryl methyl sites for hydroxylation is 3. The summed E-state index contributed by atoms with van der Waals surface area (Å²) in [5.74, 6) is 1.49. The van der Waals surface area contributed by atoms with E-state index in [9.17, 15) is 4.79 Å². The largest absolute Gasteiger partial charge is 0.494 e. The molecule has 0 saturated carbocycles. The molecule has 0 spiro atoms. The molecule has 0 radical (unpaired) electrons. The fourth-order valence-electron chi connectivity index (χ4n) is 3.51. The van der Waals surface area contributed by atoms with Crippen LogP contribution in [0.4, 0.5) is 5.69 Å². The van der Waals surface area contributed by atoms with Crippen molar-refractivity contribution >= 4 is 23.4 Å². The first-order valence-electron chi connectivity index (χ1n) is 10.9. The summed E-state index contributed by atoms with van der Waals surface area (Å²) < 4.78 is 5.83. The van der Waals surface area contributed by atoms with Crippen molar-refractivity contribution < 1.29 is 9.53 Å². The zero-order chi connectivity index (χ0) is 22.2. The van der Waals surface area contributed by atoms with Crippen LogP contribution in [0.25, 0.3) is 0 Å². The second-order valence-electron chi connectivity index (χ2n) is 7.47. The molecule has 0 atom stereocenters. The maximum absolute atomic E-state index is 13.1. The van der Waals surface area contributed by atoms with Crippen LogP contribution in [0.1, 0.15) is 53.4 Å². The highest BCUT2D eigenvalue weighted by Gasteiger charge is 2.14. The molecule has 4 heteroatoms. The van der Waals surface area contributed by atoms with Crippen molar-refractivity contribution in [2.45, 2.75) is 51.2 Å². The van der Waals surface area contributed by atoms with E-state index in [1.54, 1.807) is 11.8 Å². The lowest BCUT2D eigenvalue weighted by molar-refractivity contribution is 0.102. The molecule has 3 aromatic rings. The zero-order valence-electron chi connectivity index (χ0n) is 18.8. The van der Waals surface area contributed by atoms with Gasteiger partial charge in [0.15, 0.2) is 0 Å². The van der Waals surface area contributed by atoms with Crippen LogP contribution in [0.2, 0.25) is 0 Å². The lowest BCUT2D eigenvalue weighted by Crippen LogP contribution is -2.15. The van der Waals surface area contributed by atoms with Gasteiger partial charge in [-0.15, -0.1) is 11.8 Å². The van der Waals surface area contributed by atoms with Gasteiger partial charge >= 0.3 is 0 Å². The molecule has 162 valence electrons. The summed E-state index contributed by atoms with van der Waals surface area (Å²) in [5.41, 5.74) is 6.19. The van der Waals surface area contributed by atoms with Crippen molar-refractivity contribution in [2.75, 3.05) is 11.9 Å². The maximum Gasteiger partial charge on any atom is 0.255 e. The summed E-state index contributed by atoms with van der Waals surface area (Å²) in [6.07, 6.45) is 1.76. The molecule has 3 rings (SSSR count). The average Bonchev–Trinajstić information content (AvgIpc) is 2.79. The summed E-state index contributed by atoms with van der Waals surface area (Å²) in [5, 5.41) is 3.17. The topological polar surface area (TPSA) is 38.3 Å². The molecule has 0 saturated heterocycles. The zero-order valence-corrected chi connectivity index (χ0v) is 19.6. The summed E-state index contributed by atoms with van der Waals surface area (Å²) in [6, 6.07) is 20.4. The average molecular weight is 434 g/mol. The molecule has 0 aliphatic heterocycles. The Kier molecular flexibility index (Phi) is 8.19. The molecular formula is C27H31NO2S. The van der Waals surface area contributed by atoms with Crippen molar-refractivity contribution in [3.05, 3.63) is 88.5 Å². The number of hydrogen-bond donors (Lipinski definition) is 1. The third-order valence-electron chi connectivity index (χ3n) is 5.28. The van der Waals surface area contributed by atoms with E-state index in [0.717, 1.165) is 46.7 Å². The van der Waals surface area contributed by atoms with E-state index < -0.39 is 0 Å². The number of anilines is 1. The molecular weight excluding hydrogens is 402 g/mol. The predicted molar refractivity (Wildman–Crippen MR) is 132 cm³/mol. The number of benzene rings is 3. The quantitative estimate of drug-likeness (QED) is 0.367. The summed E-state index contributed by atoms with van der Waals surface area (Å²) >= 11 is 1.75. The molecule has 0 aromatic heterocycles. The molecule has 31 heavy (non-hydrogen) atoms. The minimum Gasteiger partial charge on any atom is -0.494 e. The van der Waals surface area contributed by atoms with Gasteiger partial charge in [0.1, 0.15) is 5.75 Å². The summed E-state index contributed by atoms with van der Waals surface area (Å²) in [7, 11) is 0. The number of carbonyl (C=O) groups is 1. The van der Waals surface area contributed by atoms with Crippen molar-refractivity contribution in [1.82, 2.24) is 0 Å². The predicted octanol–water partition coefficient (Wildman–Crippen LogP) is 7.06. The van der Waals surface area contributed by atoms with Crippen LogP contribution in [-0.2, 0) is 18.6 Å². The second-order valence-corrected chi connectivity index (χ2v) is 8.52. The third-order valence-corrected chi connectivity index (χ3v) is 6.34. The number of hydrogen-bond acceptors (Lipinski definition) is 3. The Morgan fingerprint density at radius 1 is 0.903 bits per heavy atom. The lowest BCUT2D eigenvalue weighted by Gasteiger charge is -2.16. The van der Waals surface area contributed by atoms with Crippen LogP contribution in [-0.4, -0.2) is 12.5 Å². The number of thioether (sulfide) groups is 1. The Balaban J connectivity index is 1.83. The van der Waals surface area contributed by atoms with E-state index in [4.69, 9.17) is 4.74 Å². The lowest BCUT2D eigenvalue weighted by atomic mass is 10.0. The number of rotatable bonds is 9. The monoisotopic (exact) mass is 433 g/mol. The minimum atomic E-state index is -0.0831. The number of ether oxygens (including phenoxy) is 1. The molecule has 3 nitrogen and oxygen atoms in total. The molecule has 0 unspecified atom stereocenters. The van der Waals surface area contributed by atoms with Crippen molar-refractivity contribution in [3.8, 4) is 5.75 Å². The van der Waals surface area contributed by atoms with Crippen LogP contribution >= 0.6 is 11.8 Å². The Labute approximate surface area is 190 Å². The fraction of sp³-hybridized carbons (Fsp3) is 0.296. The van der Waals surface area contributed by atoms with Crippen molar-refractivity contribution in [3.63, 3.8) is 0 Å². The van der Waals surface area contributed by atoms with Gasteiger partial charge in [0, 0.05) is 27.5 Å². The van der Waals surface area contributed by atoms with Gasteiger partial charge in [0.25, 0.3) is 5.91 Å². The molecule has 0 bridgehead atoms. The summed E-state index contributed by atoms with van der Waals surface area (Å²) in [4.78, 5) is 14.3.